The molecule has 1 heterocycles. The van der Waals surface area contributed by atoms with Crippen molar-refractivity contribution in [2.24, 2.45) is 5.92 Å². The van der Waals surface area contributed by atoms with Gasteiger partial charge in [0.25, 0.3) is 0 Å². The summed E-state index contributed by atoms with van der Waals surface area (Å²) in [6, 6.07) is 0. The van der Waals surface area contributed by atoms with Gasteiger partial charge < -0.3 is 20.3 Å². The molecule has 7 heteroatoms. The summed E-state index contributed by atoms with van der Waals surface area (Å²) in [5.41, 5.74) is 0. The van der Waals surface area contributed by atoms with Crippen LogP contribution in [0.1, 0.15) is 33.1 Å². The van der Waals surface area contributed by atoms with Crippen molar-refractivity contribution in [3.63, 3.8) is 0 Å². The van der Waals surface area contributed by atoms with Gasteiger partial charge in [-0.25, -0.2) is 0 Å². The molecule has 1 aliphatic heterocycles. The fourth-order valence-corrected chi connectivity index (χ4v) is 2.04. The zero-order chi connectivity index (χ0) is 13.7. The maximum Gasteiger partial charge on any atom is 0.475 e. The predicted octanol–water partition coefficient (Wildman–Crippen LogP) is -0.848. The van der Waals surface area contributed by atoms with Gasteiger partial charge in [-0.05, 0) is 19.3 Å². The third-order valence-electron chi connectivity index (χ3n) is 3.44. The van der Waals surface area contributed by atoms with Gasteiger partial charge in [0.1, 0.15) is 0 Å². The molecule has 0 aliphatic carbocycles. The second-order valence-corrected chi connectivity index (χ2v) is 4.74. The van der Waals surface area contributed by atoms with Gasteiger partial charge in [0, 0.05) is 12.5 Å². The molecule has 1 aliphatic rings. The van der Waals surface area contributed by atoms with Gasteiger partial charge in [-0.15, -0.1) is 0 Å². The Morgan fingerprint density at radius 2 is 2.17 bits per heavy atom. The minimum Gasteiger partial charge on any atom is -0.426 e. The van der Waals surface area contributed by atoms with Crippen molar-refractivity contribution in [3.05, 3.63) is 0 Å². The normalized spacial score (nSPS) is 20.7. The van der Waals surface area contributed by atoms with Gasteiger partial charge in [-0.2, -0.15) is 0 Å². The molecule has 0 aromatic rings. The third-order valence-corrected chi connectivity index (χ3v) is 3.44. The van der Waals surface area contributed by atoms with Crippen molar-refractivity contribution in [3.8, 4) is 0 Å². The summed E-state index contributed by atoms with van der Waals surface area (Å²) < 4.78 is 0. The molecule has 1 rings (SSSR count). The van der Waals surface area contributed by atoms with Crippen LogP contribution in [-0.2, 0) is 9.59 Å². The van der Waals surface area contributed by atoms with Crippen LogP contribution < -0.4 is 5.32 Å². The van der Waals surface area contributed by atoms with Gasteiger partial charge in [-0.3, -0.25) is 9.59 Å². The van der Waals surface area contributed by atoms with Crippen LogP contribution in [0.5, 0.6) is 0 Å². The Balaban J connectivity index is 2.43. The molecule has 6 nitrogen and oxygen atoms in total. The summed E-state index contributed by atoms with van der Waals surface area (Å²) in [6.45, 7) is 4.15. The van der Waals surface area contributed by atoms with Crippen LogP contribution in [-0.4, -0.2) is 52.9 Å². The Morgan fingerprint density at radius 3 is 2.72 bits per heavy atom. The summed E-state index contributed by atoms with van der Waals surface area (Å²) in [5.74, 6) is -1.07. The highest BCUT2D eigenvalue weighted by Gasteiger charge is 2.36. The van der Waals surface area contributed by atoms with E-state index in [0.29, 0.717) is 13.0 Å². The molecule has 0 aromatic carbocycles. The average Bonchev–Trinajstić information content (AvgIpc) is 2.83. The van der Waals surface area contributed by atoms with E-state index in [0.717, 1.165) is 12.8 Å². The van der Waals surface area contributed by atoms with Gasteiger partial charge in [0.15, 0.2) is 0 Å². The van der Waals surface area contributed by atoms with E-state index in [9.17, 15) is 9.59 Å². The number of amides is 2. The van der Waals surface area contributed by atoms with Crippen molar-refractivity contribution < 1.29 is 19.6 Å². The monoisotopic (exact) mass is 256 g/mol. The molecular formula is C11H21BN2O4. The molecule has 102 valence electrons. The van der Waals surface area contributed by atoms with Crippen molar-refractivity contribution in [2.75, 3.05) is 13.1 Å². The van der Waals surface area contributed by atoms with E-state index in [1.807, 2.05) is 6.92 Å². The predicted molar refractivity (Wildman–Crippen MR) is 67.4 cm³/mol. The largest absolute Gasteiger partial charge is 0.475 e. The molecule has 1 saturated heterocycles. The van der Waals surface area contributed by atoms with Crippen molar-refractivity contribution in [1.29, 1.82) is 0 Å². The first-order valence-corrected chi connectivity index (χ1v) is 6.40. The highest BCUT2D eigenvalue weighted by atomic mass is 16.4. The lowest BCUT2D eigenvalue weighted by Gasteiger charge is -2.24. The van der Waals surface area contributed by atoms with Gasteiger partial charge in [0.05, 0.1) is 12.5 Å². The molecule has 0 bridgehead atoms. The first kappa shape index (κ1) is 15.0. The van der Waals surface area contributed by atoms with Crippen LogP contribution in [0.15, 0.2) is 0 Å². The van der Waals surface area contributed by atoms with Crippen molar-refractivity contribution >= 4 is 18.9 Å². The van der Waals surface area contributed by atoms with E-state index in [-0.39, 0.29) is 24.3 Å². The molecular weight excluding hydrogens is 235 g/mol. The SMILES string of the molecule is CCC(C)C(=O)NCC(=O)N1CCCC1B(O)O. The highest BCUT2D eigenvalue weighted by molar-refractivity contribution is 6.43. The Morgan fingerprint density at radius 1 is 1.50 bits per heavy atom. The zero-order valence-electron chi connectivity index (χ0n) is 10.9. The first-order valence-electron chi connectivity index (χ1n) is 6.40. The standard InChI is InChI=1S/C11H21BN2O4/c1-3-8(2)11(16)13-7-10(15)14-6-4-5-9(14)12(17)18/h8-9,17-18H,3-7H2,1-2H3,(H,13,16). The van der Waals surface area contributed by atoms with E-state index in [4.69, 9.17) is 10.0 Å². The maximum atomic E-state index is 11.9. The molecule has 1 fully saturated rings. The summed E-state index contributed by atoms with van der Waals surface area (Å²) in [6.07, 6.45) is 2.07. The van der Waals surface area contributed by atoms with E-state index in [2.05, 4.69) is 5.32 Å². The van der Waals surface area contributed by atoms with E-state index < -0.39 is 13.1 Å². The van der Waals surface area contributed by atoms with Crippen LogP contribution in [0.4, 0.5) is 0 Å². The van der Waals surface area contributed by atoms with Crippen molar-refractivity contribution in [1.82, 2.24) is 10.2 Å². The smallest absolute Gasteiger partial charge is 0.426 e. The number of carbonyl (C=O) groups excluding carboxylic acids is 2. The topological polar surface area (TPSA) is 89.9 Å². The van der Waals surface area contributed by atoms with Crippen LogP contribution in [0.25, 0.3) is 0 Å². The zero-order valence-corrected chi connectivity index (χ0v) is 10.9. The summed E-state index contributed by atoms with van der Waals surface area (Å²) in [5, 5.41) is 20.9. The average molecular weight is 256 g/mol. The molecule has 0 radical (unpaired) electrons. The fraction of sp³-hybridized carbons (Fsp3) is 0.818. The number of hydrogen-bond donors (Lipinski definition) is 3. The molecule has 18 heavy (non-hydrogen) atoms. The van der Waals surface area contributed by atoms with Crippen LogP contribution in [0.3, 0.4) is 0 Å². The summed E-state index contributed by atoms with van der Waals surface area (Å²) in [4.78, 5) is 24.8. The Kier molecular flexibility index (Phi) is 5.62. The Bertz CT molecular complexity index is 311. The minimum absolute atomic E-state index is 0.0770. The van der Waals surface area contributed by atoms with E-state index >= 15 is 0 Å². The molecule has 2 atom stereocenters. The van der Waals surface area contributed by atoms with Crippen molar-refractivity contribution in [2.45, 2.75) is 39.1 Å². The molecule has 0 aromatic heterocycles. The quantitative estimate of drug-likeness (QED) is 0.559. The summed E-state index contributed by atoms with van der Waals surface area (Å²) >= 11 is 0. The summed E-state index contributed by atoms with van der Waals surface area (Å²) in [7, 11) is -1.51. The molecule has 2 unspecified atom stereocenters. The number of carbonyl (C=O) groups is 2. The number of nitrogens with zero attached hydrogens (tertiary/aromatic N) is 1. The number of likely N-dealkylation sites (tertiary alicyclic amines) is 1. The molecule has 0 saturated carbocycles. The highest BCUT2D eigenvalue weighted by Crippen LogP contribution is 2.17. The van der Waals surface area contributed by atoms with Gasteiger partial charge in [-0.1, -0.05) is 13.8 Å². The lowest BCUT2D eigenvalue weighted by molar-refractivity contribution is -0.133. The lowest BCUT2D eigenvalue weighted by atomic mass is 9.78. The number of nitrogens with one attached hydrogen (secondary N) is 1. The Labute approximate surface area is 107 Å². The van der Waals surface area contributed by atoms with Crippen LogP contribution in [0.2, 0.25) is 0 Å². The minimum atomic E-state index is -1.51. The molecule has 0 spiro atoms. The van der Waals surface area contributed by atoms with Gasteiger partial charge in [0.2, 0.25) is 11.8 Å². The second-order valence-electron chi connectivity index (χ2n) is 4.74. The van der Waals surface area contributed by atoms with Gasteiger partial charge >= 0.3 is 7.12 Å². The van der Waals surface area contributed by atoms with E-state index in [1.54, 1.807) is 6.92 Å². The number of rotatable bonds is 5. The molecule has 3 N–H and O–H groups in total. The van der Waals surface area contributed by atoms with Crippen LogP contribution >= 0.6 is 0 Å². The maximum absolute atomic E-state index is 11.9. The van der Waals surface area contributed by atoms with E-state index in [1.165, 1.54) is 4.90 Å². The molecule has 2 amide bonds. The lowest BCUT2D eigenvalue weighted by Crippen LogP contribution is -2.49. The first-order chi connectivity index (χ1) is 8.47. The fourth-order valence-electron chi connectivity index (χ4n) is 2.04. The Hall–Kier alpha value is -1.08. The number of hydrogen-bond acceptors (Lipinski definition) is 4. The third kappa shape index (κ3) is 3.71. The van der Waals surface area contributed by atoms with Crippen LogP contribution in [0, 0.1) is 5.92 Å². The second kappa shape index (κ2) is 6.75.